The van der Waals surface area contributed by atoms with Gasteiger partial charge in [-0.05, 0) is 25.5 Å². The summed E-state index contributed by atoms with van der Waals surface area (Å²) in [5, 5.41) is 0. The van der Waals surface area contributed by atoms with Crippen LogP contribution in [0.15, 0.2) is 30.6 Å². The highest BCUT2D eigenvalue weighted by atomic mass is 16.5. The fraction of sp³-hybridized carbons (Fsp3) is 0.417. The van der Waals surface area contributed by atoms with Gasteiger partial charge in [-0.3, -0.25) is 0 Å². The second kappa shape index (κ2) is 4.45. The van der Waals surface area contributed by atoms with E-state index in [1.54, 1.807) is 0 Å². The zero-order valence-corrected chi connectivity index (χ0v) is 9.23. The number of hydrogen-bond acceptors (Lipinski definition) is 1. The number of fused-ring (bicyclic) bond motifs is 1. The van der Waals surface area contributed by atoms with E-state index < -0.39 is 0 Å². The van der Waals surface area contributed by atoms with Crippen molar-refractivity contribution in [1.29, 1.82) is 0 Å². The Bertz CT molecular complexity index is 436. The second-order valence-electron chi connectivity index (χ2n) is 3.78. The minimum Gasteiger partial charge on any atom is -0.339 e. The third-order valence-corrected chi connectivity index (χ3v) is 2.66. The lowest BCUT2D eigenvalue weighted by atomic mass is 10.3. The van der Waals surface area contributed by atoms with Crippen molar-refractivity contribution in [3.8, 4) is 0 Å². The van der Waals surface area contributed by atoms with Gasteiger partial charge >= 0.3 is 0 Å². The number of H-pyrrole nitrogens is 1. The number of para-hydroxylation sites is 2. The molecule has 1 N–H and O–H groups in total. The largest absolute Gasteiger partial charge is 0.339 e. The highest BCUT2D eigenvalue weighted by Gasteiger charge is 2.09. The van der Waals surface area contributed by atoms with Crippen LogP contribution in [-0.2, 0) is 11.5 Å². The number of aromatic nitrogens is 2. The molecule has 80 valence electrons. The Hall–Kier alpha value is -1.35. The van der Waals surface area contributed by atoms with Gasteiger partial charge in [-0.1, -0.05) is 19.1 Å². The first-order valence-corrected chi connectivity index (χ1v) is 5.38. The van der Waals surface area contributed by atoms with Gasteiger partial charge < -0.3 is 4.74 Å². The Labute approximate surface area is 89.7 Å². The SMILES string of the molecule is CCC(C)OC[n+]1c[nH]c2ccccc21. The lowest BCUT2D eigenvalue weighted by Gasteiger charge is -2.07. The zero-order valence-electron chi connectivity index (χ0n) is 9.23. The molecule has 3 heteroatoms. The molecule has 3 nitrogen and oxygen atoms in total. The van der Waals surface area contributed by atoms with E-state index in [1.807, 2.05) is 18.5 Å². The van der Waals surface area contributed by atoms with Crippen LogP contribution in [0.5, 0.6) is 0 Å². The normalized spacial score (nSPS) is 13.2. The molecule has 1 unspecified atom stereocenters. The molecule has 0 aliphatic carbocycles. The number of aromatic amines is 1. The van der Waals surface area contributed by atoms with Crippen molar-refractivity contribution in [2.45, 2.75) is 33.1 Å². The maximum absolute atomic E-state index is 5.69. The van der Waals surface area contributed by atoms with E-state index in [0.29, 0.717) is 12.8 Å². The minimum atomic E-state index is 0.311. The fourth-order valence-corrected chi connectivity index (χ4v) is 1.50. The number of benzene rings is 1. The third-order valence-electron chi connectivity index (χ3n) is 2.66. The summed E-state index contributed by atoms with van der Waals surface area (Å²) in [6.07, 6.45) is 3.31. The summed E-state index contributed by atoms with van der Waals surface area (Å²) in [7, 11) is 0. The quantitative estimate of drug-likeness (QED) is 0.762. The number of hydrogen-bond donors (Lipinski definition) is 1. The molecule has 0 spiro atoms. The van der Waals surface area contributed by atoms with Gasteiger partial charge in [0.15, 0.2) is 17.8 Å². The lowest BCUT2D eigenvalue weighted by Crippen LogP contribution is -2.34. The van der Waals surface area contributed by atoms with Crippen LogP contribution in [0.4, 0.5) is 0 Å². The minimum absolute atomic E-state index is 0.311. The molecule has 1 aromatic heterocycles. The van der Waals surface area contributed by atoms with Crippen LogP contribution in [0.25, 0.3) is 11.0 Å². The van der Waals surface area contributed by atoms with Gasteiger partial charge in [0, 0.05) is 0 Å². The van der Waals surface area contributed by atoms with Gasteiger partial charge in [0.1, 0.15) is 0 Å². The summed E-state index contributed by atoms with van der Waals surface area (Å²) in [5.74, 6) is 0. The molecular weight excluding hydrogens is 188 g/mol. The summed E-state index contributed by atoms with van der Waals surface area (Å²) in [6, 6.07) is 8.22. The number of nitrogens with zero attached hydrogens (tertiary/aromatic N) is 1. The summed E-state index contributed by atoms with van der Waals surface area (Å²) in [4.78, 5) is 3.21. The highest BCUT2D eigenvalue weighted by molar-refractivity contribution is 5.70. The van der Waals surface area contributed by atoms with Crippen LogP contribution in [0.2, 0.25) is 0 Å². The van der Waals surface area contributed by atoms with Crippen molar-refractivity contribution >= 4 is 11.0 Å². The van der Waals surface area contributed by atoms with Crippen LogP contribution in [-0.4, -0.2) is 11.1 Å². The van der Waals surface area contributed by atoms with Crippen LogP contribution >= 0.6 is 0 Å². The van der Waals surface area contributed by atoms with Gasteiger partial charge in [-0.2, -0.15) is 0 Å². The molecule has 15 heavy (non-hydrogen) atoms. The van der Waals surface area contributed by atoms with E-state index in [9.17, 15) is 0 Å². The van der Waals surface area contributed by atoms with Gasteiger partial charge in [-0.25, -0.2) is 9.55 Å². The standard InChI is InChI=1S/C12H16N2O/c1-3-10(2)15-9-14-8-13-11-6-4-5-7-12(11)14/h4-8,10H,3,9H2,1-2H3/p+1. The van der Waals surface area contributed by atoms with E-state index in [-0.39, 0.29) is 0 Å². The Morgan fingerprint density at radius 3 is 3.00 bits per heavy atom. The molecule has 0 bridgehead atoms. The Kier molecular flexibility index (Phi) is 3.02. The summed E-state index contributed by atoms with van der Waals surface area (Å²) in [6.45, 7) is 4.83. The smallest absolute Gasteiger partial charge is 0.244 e. The summed E-state index contributed by atoms with van der Waals surface area (Å²) >= 11 is 0. The van der Waals surface area contributed by atoms with Crippen molar-refractivity contribution in [3.05, 3.63) is 30.6 Å². The molecule has 1 aromatic carbocycles. The van der Waals surface area contributed by atoms with Crippen LogP contribution in [0.1, 0.15) is 20.3 Å². The lowest BCUT2D eigenvalue weighted by molar-refractivity contribution is -0.711. The first kappa shape index (κ1) is 10.2. The van der Waals surface area contributed by atoms with Gasteiger partial charge in [0.2, 0.25) is 6.33 Å². The van der Waals surface area contributed by atoms with Crippen LogP contribution < -0.4 is 4.57 Å². The van der Waals surface area contributed by atoms with Gasteiger partial charge in [0.25, 0.3) is 0 Å². The first-order valence-electron chi connectivity index (χ1n) is 5.38. The van der Waals surface area contributed by atoms with Crippen LogP contribution in [0.3, 0.4) is 0 Å². The van der Waals surface area contributed by atoms with Crippen LogP contribution in [0, 0.1) is 0 Å². The molecule has 0 fully saturated rings. The Balaban J connectivity index is 2.14. The monoisotopic (exact) mass is 205 g/mol. The van der Waals surface area contributed by atoms with E-state index in [4.69, 9.17) is 4.74 Å². The average molecular weight is 205 g/mol. The molecule has 0 saturated carbocycles. The molecule has 0 amide bonds. The highest BCUT2D eigenvalue weighted by Crippen LogP contribution is 2.05. The van der Waals surface area contributed by atoms with Crippen molar-refractivity contribution < 1.29 is 9.30 Å². The third kappa shape index (κ3) is 2.18. The Morgan fingerprint density at radius 2 is 2.20 bits per heavy atom. The molecule has 2 aromatic rings. The van der Waals surface area contributed by atoms with E-state index in [0.717, 1.165) is 11.9 Å². The molecule has 0 radical (unpaired) electrons. The average Bonchev–Trinajstić information content (AvgIpc) is 2.69. The summed E-state index contributed by atoms with van der Waals surface area (Å²) in [5.41, 5.74) is 2.33. The van der Waals surface area contributed by atoms with Gasteiger partial charge in [-0.15, -0.1) is 0 Å². The topological polar surface area (TPSA) is 28.9 Å². The second-order valence-corrected chi connectivity index (χ2v) is 3.78. The summed E-state index contributed by atoms with van der Waals surface area (Å²) < 4.78 is 7.77. The molecule has 1 atom stereocenters. The van der Waals surface area contributed by atoms with E-state index in [2.05, 4.69) is 35.5 Å². The van der Waals surface area contributed by atoms with Crippen molar-refractivity contribution in [3.63, 3.8) is 0 Å². The van der Waals surface area contributed by atoms with Crippen molar-refractivity contribution in [2.24, 2.45) is 0 Å². The molecule has 0 aliphatic rings. The van der Waals surface area contributed by atoms with Crippen molar-refractivity contribution in [2.75, 3.05) is 0 Å². The van der Waals surface area contributed by atoms with Crippen molar-refractivity contribution in [1.82, 2.24) is 4.98 Å². The van der Waals surface area contributed by atoms with E-state index in [1.165, 1.54) is 5.52 Å². The molecule has 1 heterocycles. The molecule has 2 rings (SSSR count). The number of nitrogens with one attached hydrogen (secondary N) is 1. The zero-order chi connectivity index (χ0) is 10.7. The maximum atomic E-state index is 5.69. The van der Waals surface area contributed by atoms with E-state index >= 15 is 0 Å². The Morgan fingerprint density at radius 1 is 1.40 bits per heavy atom. The number of rotatable bonds is 4. The molecule has 0 aliphatic heterocycles. The van der Waals surface area contributed by atoms with Gasteiger partial charge in [0.05, 0.1) is 6.10 Å². The predicted octanol–water partition coefficient (Wildman–Crippen LogP) is 2.23. The number of imidazole rings is 1. The molecular formula is C12H17N2O+. The first-order chi connectivity index (χ1) is 7.31. The number of ether oxygens (including phenoxy) is 1. The molecule has 0 saturated heterocycles. The fourth-order valence-electron chi connectivity index (χ4n) is 1.50. The predicted molar refractivity (Wildman–Crippen MR) is 59.3 cm³/mol. The maximum Gasteiger partial charge on any atom is 0.244 e.